The van der Waals surface area contributed by atoms with Gasteiger partial charge in [-0.3, -0.25) is 9.69 Å². The third-order valence-electron chi connectivity index (χ3n) is 5.55. The Bertz CT molecular complexity index is 1060. The number of aromatic nitrogens is 2. The van der Waals surface area contributed by atoms with E-state index in [0.717, 1.165) is 42.0 Å². The van der Waals surface area contributed by atoms with Gasteiger partial charge in [0.15, 0.2) is 0 Å². The van der Waals surface area contributed by atoms with Crippen LogP contribution in [0.1, 0.15) is 24.3 Å². The number of hydrogen-bond donors (Lipinski definition) is 1. The first-order valence-corrected chi connectivity index (χ1v) is 12.9. The van der Waals surface area contributed by atoms with E-state index in [1.54, 1.807) is 17.8 Å². The molecule has 2 heterocycles. The Balaban J connectivity index is 1.19. The maximum Gasteiger partial charge on any atom is 0.241 e. The van der Waals surface area contributed by atoms with Crippen molar-refractivity contribution in [2.75, 3.05) is 25.4 Å². The number of thioether (sulfide) groups is 1. The molecule has 0 bridgehead atoms. The standard InChI is InChI=1S/C24H26Cl2N4O2S/c25-20-9-8-19(21(26)13-20)16-33-12-10-27-24(31)18-7-4-11-30(14-18)15-22-28-23(29-32-22)17-5-2-1-3-6-17/h1-3,5-6,8-9,13,18H,4,7,10-12,14-16H2,(H,27,31). The predicted molar refractivity (Wildman–Crippen MR) is 133 cm³/mol. The summed E-state index contributed by atoms with van der Waals surface area (Å²) in [6, 6.07) is 15.3. The first kappa shape index (κ1) is 24.1. The minimum atomic E-state index is -0.0222. The first-order valence-electron chi connectivity index (χ1n) is 11.0. The summed E-state index contributed by atoms with van der Waals surface area (Å²) in [5, 5.41) is 8.48. The average molecular weight is 505 g/mol. The van der Waals surface area contributed by atoms with Gasteiger partial charge in [-0.25, -0.2) is 0 Å². The van der Waals surface area contributed by atoms with Gasteiger partial charge >= 0.3 is 0 Å². The molecule has 1 amide bonds. The van der Waals surface area contributed by atoms with Crippen molar-refractivity contribution < 1.29 is 9.32 Å². The second-order valence-corrected chi connectivity index (χ2v) is 9.98. The summed E-state index contributed by atoms with van der Waals surface area (Å²) < 4.78 is 5.44. The van der Waals surface area contributed by atoms with Crippen molar-refractivity contribution in [3.8, 4) is 11.4 Å². The number of benzene rings is 2. The molecule has 1 aliphatic rings. The molecule has 0 saturated carbocycles. The number of likely N-dealkylation sites (tertiary alicyclic amines) is 1. The fraction of sp³-hybridized carbons (Fsp3) is 0.375. The van der Waals surface area contributed by atoms with E-state index in [2.05, 4.69) is 20.4 Å². The minimum Gasteiger partial charge on any atom is -0.355 e. The topological polar surface area (TPSA) is 71.3 Å². The molecule has 4 rings (SSSR count). The summed E-state index contributed by atoms with van der Waals surface area (Å²) in [6.07, 6.45) is 1.87. The van der Waals surface area contributed by atoms with Gasteiger partial charge in [0.25, 0.3) is 0 Å². The lowest BCUT2D eigenvalue weighted by molar-refractivity contribution is -0.126. The molecule has 3 aromatic rings. The van der Waals surface area contributed by atoms with Crippen molar-refractivity contribution in [2.24, 2.45) is 5.92 Å². The molecule has 0 radical (unpaired) electrons. The summed E-state index contributed by atoms with van der Waals surface area (Å²) in [6.45, 7) is 2.81. The molecule has 0 aliphatic carbocycles. The van der Waals surface area contributed by atoms with E-state index in [1.165, 1.54) is 0 Å². The third-order valence-corrected chi connectivity index (χ3v) is 7.15. The highest BCUT2D eigenvalue weighted by atomic mass is 35.5. The molecule has 1 unspecified atom stereocenters. The molecule has 1 saturated heterocycles. The van der Waals surface area contributed by atoms with Crippen molar-refractivity contribution >= 4 is 40.9 Å². The third kappa shape index (κ3) is 6.96. The summed E-state index contributed by atoms with van der Waals surface area (Å²) in [5.74, 6) is 2.87. The number of hydrogen-bond acceptors (Lipinski definition) is 6. The highest BCUT2D eigenvalue weighted by Crippen LogP contribution is 2.25. The van der Waals surface area contributed by atoms with Crippen LogP contribution in [0.2, 0.25) is 10.0 Å². The summed E-state index contributed by atoms with van der Waals surface area (Å²) in [7, 11) is 0. The van der Waals surface area contributed by atoms with Crippen LogP contribution in [0.5, 0.6) is 0 Å². The molecule has 1 aromatic heterocycles. The van der Waals surface area contributed by atoms with E-state index in [9.17, 15) is 4.79 Å². The number of carbonyl (C=O) groups excluding carboxylic acids is 1. The van der Waals surface area contributed by atoms with Gasteiger partial charge in [-0.1, -0.05) is 64.8 Å². The number of halogens is 2. The van der Waals surface area contributed by atoms with Crippen LogP contribution >= 0.6 is 35.0 Å². The number of nitrogens with zero attached hydrogens (tertiary/aromatic N) is 3. The normalized spacial score (nSPS) is 16.6. The number of amides is 1. The lowest BCUT2D eigenvalue weighted by Crippen LogP contribution is -2.43. The van der Waals surface area contributed by atoms with E-state index in [4.69, 9.17) is 27.7 Å². The summed E-state index contributed by atoms with van der Waals surface area (Å²) in [4.78, 5) is 19.4. The van der Waals surface area contributed by atoms with Gasteiger partial charge in [0.05, 0.1) is 12.5 Å². The number of nitrogens with one attached hydrogen (secondary N) is 1. The maximum absolute atomic E-state index is 12.7. The zero-order valence-electron chi connectivity index (χ0n) is 18.2. The van der Waals surface area contributed by atoms with Gasteiger partial charge in [-0.2, -0.15) is 16.7 Å². The fourth-order valence-electron chi connectivity index (χ4n) is 3.84. The van der Waals surface area contributed by atoms with Crippen molar-refractivity contribution in [1.82, 2.24) is 20.4 Å². The second-order valence-electron chi connectivity index (χ2n) is 8.03. The van der Waals surface area contributed by atoms with Crippen LogP contribution in [0, 0.1) is 5.92 Å². The molecular weight excluding hydrogens is 479 g/mol. The van der Waals surface area contributed by atoms with Crippen LogP contribution in [0.3, 0.4) is 0 Å². The smallest absolute Gasteiger partial charge is 0.241 e. The Hall–Kier alpha value is -2.06. The predicted octanol–water partition coefficient (Wildman–Crippen LogP) is 5.31. The Morgan fingerprint density at radius 2 is 2.06 bits per heavy atom. The highest BCUT2D eigenvalue weighted by molar-refractivity contribution is 7.98. The Labute approximate surface area is 208 Å². The van der Waals surface area contributed by atoms with Gasteiger partial charge in [-0.15, -0.1) is 0 Å². The number of carbonyl (C=O) groups is 1. The van der Waals surface area contributed by atoms with Crippen molar-refractivity contribution in [3.05, 3.63) is 70.0 Å². The quantitative estimate of drug-likeness (QED) is 0.398. The van der Waals surface area contributed by atoms with Gasteiger partial charge < -0.3 is 9.84 Å². The fourth-order valence-corrected chi connectivity index (χ4v) is 5.26. The molecule has 6 nitrogen and oxygen atoms in total. The van der Waals surface area contributed by atoms with E-state index < -0.39 is 0 Å². The van der Waals surface area contributed by atoms with Gasteiger partial charge in [-0.05, 0) is 37.1 Å². The van der Waals surface area contributed by atoms with E-state index in [-0.39, 0.29) is 11.8 Å². The summed E-state index contributed by atoms with van der Waals surface area (Å²) >= 11 is 13.9. The maximum atomic E-state index is 12.7. The highest BCUT2D eigenvalue weighted by Gasteiger charge is 2.26. The summed E-state index contributed by atoms with van der Waals surface area (Å²) in [5.41, 5.74) is 1.98. The molecule has 1 fully saturated rings. The van der Waals surface area contributed by atoms with Crippen LogP contribution in [0.25, 0.3) is 11.4 Å². The van der Waals surface area contributed by atoms with Crippen LogP contribution in [-0.4, -0.2) is 46.3 Å². The van der Waals surface area contributed by atoms with Crippen LogP contribution in [-0.2, 0) is 17.1 Å². The zero-order chi connectivity index (χ0) is 23.0. The minimum absolute atomic E-state index is 0.0222. The van der Waals surface area contributed by atoms with E-state index in [0.29, 0.717) is 41.4 Å². The molecule has 0 spiro atoms. The lowest BCUT2D eigenvalue weighted by atomic mass is 9.97. The van der Waals surface area contributed by atoms with Crippen molar-refractivity contribution in [3.63, 3.8) is 0 Å². The van der Waals surface area contributed by atoms with Crippen LogP contribution in [0.15, 0.2) is 53.1 Å². The van der Waals surface area contributed by atoms with Gasteiger partial charge in [0.1, 0.15) is 0 Å². The lowest BCUT2D eigenvalue weighted by Gasteiger charge is -2.30. The number of rotatable bonds is 9. The molecule has 33 heavy (non-hydrogen) atoms. The molecular formula is C24H26Cl2N4O2S. The monoisotopic (exact) mass is 504 g/mol. The molecule has 9 heteroatoms. The number of piperidine rings is 1. The van der Waals surface area contributed by atoms with Gasteiger partial charge in [0.2, 0.25) is 17.6 Å². The SMILES string of the molecule is O=C(NCCSCc1ccc(Cl)cc1Cl)C1CCCN(Cc2nc(-c3ccccc3)no2)C1. The Morgan fingerprint density at radius 1 is 1.21 bits per heavy atom. The molecule has 174 valence electrons. The van der Waals surface area contributed by atoms with Crippen molar-refractivity contribution in [2.45, 2.75) is 25.1 Å². The first-order chi connectivity index (χ1) is 16.1. The largest absolute Gasteiger partial charge is 0.355 e. The van der Waals surface area contributed by atoms with E-state index >= 15 is 0 Å². The average Bonchev–Trinajstić information content (AvgIpc) is 3.29. The zero-order valence-corrected chi connectivity index (χ0v) is 20.5. The van der Waals surface area contributed by atoms with Crippen LogP contribution in [0.4, 0.5) is 0 Å². The Kier molecular flexibility index (Phi) is 8.67. The van der Waals surface area contributed by atoms with E-state index in [1.807, 2.05) is 42.5 Å². The molecule has 1 N–H and O–H groups in total. The van der Waals surface area contributed by atoms with Gasteiger partial charge in [0, 0.05) is 40.2 Å². The second kappa shape index (κ2) is 11.9. The Morgan fingerprint density at radius 3 is 2.88 bits per heavy atom. The molecule has 1 aliphatic heterocycles. The molecule has 2 aromatic carbocycles. The van der Waals surface area contributed by atoms with Crippen molar-refractivity contribution in [1.29, 1.82) is 0 Å². The molecule has 1 atom stereocenters. The van der Waals surface area contributed by atoms with Crippen LogP contribution < -0.4 is 5.32 Å².